The third-order valence-electron chi connectivity index (χ3n) is 7.96. The molecular formula is C32H57NO8. The molecule has 0 heterocycles. The molecule has 9 nitrogen and oxygen atoms in total. The summed E-state index contributed by atoms with van der Waals surface area (Å²) in [6, 6.07) is 0. The van der Waals surface area contributed by atoms with Crippen LogP contribution < -0.4 is 5.73 Å². The summed E-state index contributed by atoms with van der Waals surface area (Å²) in [5.41, 5.74) is 3.03. The Morgan fingerprint density at radius 1 is 0.854 bits per heavy atom. The number of carbonyl (C=O) groups is 5. The molecule has 0 saturated carbocycles. The fraction of sp³-hybridized carbons (Fsp3) is 0.844. The first-order valence-electron chi connectivity index (χ1n) is 15.3. The Kier molecular flexibility index (Phi) is 17.3. The van der Waals surface area contributed by atoms with Crippen molar-refractivity contribution in [1.29, 1.82) is 0 Å². The molecule has 41 heavy (non-hydrogen) atoms. The van der Waals surface area contributed by atoms with Crippen molar-refractivity contribution in [2.75, 3.05) is 13.2 Å². The summed E-state index contributed by atoms with van der Waals surface area (Å²) in [4.78, 5) is 60.9. The Bertz CT molecular complexity index is 851. The zero-order valence-corrected chi connectivity index (χ0v) is 27.1. The van der Waals surface area contributed by atoms with Crippen LogP contribution in [-0.4, -0.2) is 54.3 Å². The van der Waals surface area contributed by atoms with E-state index in [-0.39, 0.29) is 48.6 Å². The summed E-state index contributed by atoms with van der Waals surface area (Å²) in [7, 11) is 0. The zero-order chi connectivity index (χ0) is 31.9. The molecule has 2 N–H and O–H groups in total. The lowest BCUT2D eigenvalue weighted by molar-refractivity contribution is -0.165. The Hall–Kier alpha value is -2.29. The number of hydrogen-bond donors (Lipinski definition) is 1. The molecule has 0 radical (unpaired) electrons. The highest BCUT2D eigenvalue weighted by Gasteiger charge is 2.37. The van der Waals surface area contributed by atoms with E-state index in [1.807, 2.05) is 34.6 Å². The second-order valence-electron chi connectivity index (χ2n) is 12.9. The monoisotopic (exact) mass is 583 g/mol. The summed E-state index contributed by atoms with van der Waals surface area (Å²) in [5, 5.41) is 0. The van der Waals surface area contributed by atoms with Gasteiger partial charge in [-0.15, -0.1) is 0 Å². The fourth-order valence-corrected chi connectivity index (χ4v) is 4.80. The lowest BCUT2D eigenvalue weighted by Crippen LogP contribution is -2.41. The van der Waals surface area contributed by atoms with Gasteiger partial charge in [-0.3, -0.25) is 24.0 Å². The minimum atomic E-state index is -1.08. The van der Waals surface area contributed by atoms with Crippen LogP contribution in [0.5, 0.6) is 0 Å². The average Bonchev–Trinajstić information content (AvgIpc) is 2.88. The van der Waals surface area contributed by atoms with Crippen molar-refractivity contribution in [2.45, 2.75) is 138 Å². The van der Waals surface area contributed by atoms with Gasteiger partial charge >= 0.3 is 11.9 Å². The van der Waals surface area contributed by atoms with Crippen LogP contribution in [0, 0.1) is 23.2 Å². The maximum Gasteiger partial charge on any atom is 0.312 e. The van der Waals surface area contributed by atoms with Crippen LogP contribution in [0.15, 0.2) is 0 Å². The highest BCUT2D eigenvalue weighted by molar-refractivity contribution is 5.88. The van der Waals surface area contributed by atoms with Gasteiger partial charge in [0, 0.05) is 18.3 Å². The number of esters is 2. The number of primary amides is 1. The van der Waals surface area contributed by atoms with Gasteiger partial charge in [0.2, 0.25) is 5.91 Å². The maximum absolute atomic E-state index is 13.8. The van der Waals surface area contributed by atoms with Gasteiger partial charge in [-0.1, -0.05) is 47.0 Å². The van der Waals surface area contributed by atoms with E-state index in [2.05, 4.69) is 0 Å². The van der Waals surface area contributed by atoms with E-state index in [1.165, 1.54) is 0 Å². The van der Waals surface area contributed by atoms with Crippen molar-refractivity contribution in [1.82, 2.24) is 0 Å². The average molecular weight is 584 g/mol. The van der Waals surface area contributed by atoms with E-state index in [0.29, 0.717) is 57.7 Å². The third kappa shape index (κ3) is 14.4. The van der Waals surface area contributed by atoms with E-state index in [9.17, 15) is 24.0 Å². The van der Waals surface area contributed by atoms with E-state index < -0.39 is 22.6 Å². The molecule has 3 atom stereocenters. The van der Waals surface area contributed by atoms with Crippen molar-refractivity contribution in [2.24, 2.45) is 28.9 Å². The normalized spacial score (nSPS) is 15.1. The molecule has 0 aromatic heterocycles. The maximum atomic E-state index is 13.8. The molecule has 0 aliphatic heterocycles. The molecular weight excluding hydrogens is 526 g/mol. The molecule has 238 valence electrons. The number of aldehydes is 1. The summed E-state index contributed by atoms with van der Waals surface area (Å²) < 4.78 is 16.7. The zero-order valence-electron chi connectivity index (χ0n) is 27.1. The van der Waals surface area contributed by atoms with Gasteiger partial charge in [-0.25, -0.2) is 0 Å². The van der Waals surface area contributed by atoms with Gasteiger partial charge in [0.15, 0.2) is 12.1 Å². The lowest BCUT2D eigenvalue weighted by Gasteiger charge is -2.32. The predicted octanol–water partition coefficient (Wildman–Crippen LogP) is 5.74. The van der Waals surface area contributed by atoms with Gasteiger partial charge in [-0.05, 0) is 73.1 Å². The van der Waals surface area contributed by atoms with Crippen molar-refractivity contribution < 1.29 is 38.2 Å². The first kappa shape index (κ1) is 38.7. The summed E-state index contributed by atoms with van der Waals surface area (Å²) in [6.07, 6.45) is 6.66. The number of carbonyl (C=O) groups excluding carboxylic acids is 5. The van der Waals surface area contributed by atoms with Crippen LogP contribution in [0.3, 0.4) is 0 Å². The summed E-state index contributed by atoms with van der Waals surface area (Å²) in [5.74, 6) is -1.83. The van der Waals surface area contributed by atoms with Crippen molar-refractivity contribution in [3.8, 4) is 0 Å². The molecule has 0 saturated heterocycles. The highest BCUT2D eigenvalue weighted by Crippen LogP contribution is 2.33. The van der Waals surface area contributed by atoms with Crippen molar-refractivity contribution >= 4 is 29.9 Å². The van der Waals surface area contributed by atoms with E-state index >= 15 is 0 Å². The van der Waals surface area contributed by atoms with Gasteiger partial charge in [0.05, 0.1) is 17.9 Å². The standard InChI is InChI=1S/C32H57NO8/c1-10-14-25(27(33)36)16-12-15-24(17-13-18-32(9,11-2)29(38)39-22-20-34)26(35)31(7,8)40-21-19-30(5,6)41-28(37)23(3)4/h20,23-25H,10-19,21-22H2,1-9H3,(H2,33,36). The van der Waals surface area contributed by atoms with Crippen molar-refractivity contribution in [3.63, 3.8) is 0 Å². The highest BCUT2D eigenvalue weighted by atomic mass is 16.6. The molecule has 3 unspecified atom stereocenters. The topological polar surface area (TPSA) is 139 Å². The van der Waals surface area contributed by atoms with Gasteiger partial charge < -0.3 is 19.9 Å². The first-order valence-corrected chi connectivity index (χ1v) is 15.3. The second kappa shape index (κ2) is 18.3. The Morgan fingerprint density at radius 2 is 1.44 bits per heavy atom. The fourth-order valence-electron chi connectivity index (χ4n) is 4.80. The second-order valence-corrected chi connectivity index (χ2v) is 12.9. The molecule has 0 aromatic rings. The van der Waals surface area contributed by atoms with Gasteiger partial charge in [0.25, 0.3) is 0 Å². The molecule has 0 aliphatic rings. The smallest absolute Gasteiger partial charge is 0.312 e. The number of amides is 1. The SMILES string of the molecule is CCCC(CCCC(CCCC(C)(CC)C(=O)OCC=O)C(=O)C(C)(C)OCCC(C)(C)OC(=O)C(C)C)C(N)=O. The quantitative estimate of drug-likeness (QED) is 0.119. The van der Waals surface area contributed by atoms with Crippen LogP contribution in [0.4, 0.5) is 0 Å². The van der Waals surface area contributed by atoms with E-state index in [1.54, 1.807) is 27.7 Å². The van der Waals surface area contributed by atoms with Crippen molar-refractivity contribution in [3.05, 3.63) is 0 Å². The lowest BCUT2D eigenvalue weighted by atomic mass is 9.78. The molecule has 9 heteroatoms. The van der Waals surface area contributed by atoms with Crippen LogP contribution in [-0.2, 0) is 38.2 Å². The number of rotatable bonds is 23. The molecule has 1 amide bonds. The van der Waals surface area contributed by atoms with Crippen LogP contribution in [0.2, 0.25) is 0 Å². The van der Waals surface area contributed by atoms with Gasteiger partial charge in [-0.2, -0.15) is 0 Å². The minimum absolute atomic E-state index is 0.0395. The number of hydrogen-bond acceptors (Lipinski definition) is 8. The summed E-state index contributed by atoms with van der Waals surface area (Å²) in [6.45, 7) is 16.4. The Balaban J connectivity index is 5.50. The van der Waals surface area contributed by atoms with E-state index in [0.717, 1.165) is 12.8 Å². The predicted molar refractivity (Wildman–Crippen MR) is 159 cm³/mol. The number of Topliss-reactive ketones (excluding diaryl/α,β-unsaturated/α-hetero) is 1. The van der Waals surface area contributed by atoms with Crippen LogP contribution in [0.1, 0.15) is 127 Å². The van der Waals surface area contributed by atoms with E-state index in [4.69, 9.17) is 19.9 Å². The molecule has 0 rings (SSSR count). The molecule has 0 spiro atoms. The molecule has 0 aliphatic carbocycles. The molecule has 0 bridgehead atoms. The Morgan fingerprint density at radius 3 is 1.95 bits per heavy atom. The number of ether oxygens (including phenoxy) is 3. The molecule has 0 fully saturated rings. The minimum Gasteiger partial charge on any atom is -0.459 e. The summed E-state index contributed by atoms with van der Waals surface area (Å²) >= 11 is 0. The Labute approximate surface area is 248 Å². The van der Waals surface area contributed by atoms with Gasteiger partial charge in [0.1, 0.15) is 17.8 Å². The number of ketones is 1. The molecule has 0 aromatic carbocycles. The first-order chi connectivity index (χ1) is 19.0. The van der Waals surface area contributed by atoms with Crippen LogP contribution in [0.25, 0.3) is 0 Å². The van der Waals surface area contributed by atoms with Crippen LogP contribution >= 0.6 is 0 Å². The third-order valence-corrected chi connectivity index (χ3v) is 7.96. The largest absolute Gasteiger partial charge is 0.459 e. The number of nitrogens with two attached hydrogens (primary N) is 1.